The lowest BCUT2D eigenvalue weighted by Crippen LogP contribution is -2.26. The number of carboxylic acid groups (broad SMARTS) is 2. The molecule has 0 aliphatic heterocycles. The minimum Gasteiger partial charge on any atom is -0.473 e. The number of nitrogens with zero attached hydrogens (tertiary/aromatic N) is 2. The Bertz CT molecular complexity index is 1190. The summed E-state index contributed by atoms with van der Waals surface area (Å²) in [4.78, 5) is 48.9. The fourth-order valence-electron chi connectivity index (χ4n) is 2.84. The van der Waals surface area contributed by atoms with E-state index in [1.54, 1.807) is 60.4 Å². The van der Waals surface area contributed by atoms with Gasteiger partial charge in [0.2, 0.25) is 0 Å². The molecule has 0 atom stereocenters. The number of carbonyl (C=O) groups excluding carboxylic acids is 2. The summed E-state index contributed by atoms with van der Waals surface area (Å²) < 4.78 is 5.78. The molecule has 0 radical (unpaired) electrons. The van der Waals surface area contributed by atoms with Gasteiger partial charge in [0, 0.05) is 29.7 Å². The fourth-order valence-corrected chi connectivity index (χ4v) is 3.59. The molecule has 2 amide bonds. The van der Waals surface area contributed by atoms with Crippen molar-refractivity contribution >= 4 is 41.2 Å². The Morgan fingerprint density at radius 1 is 0.946 bits per heavy atom. The van der Waals surface area contributed by atoms with E-state index in [0.29, 0.717) is 23.5 Å². The topological polar surface area (TPSA) is 162 Å². The van der Waals surface area contributed by atoms with E-state index < -0.39 is 11.9 Å². The van der Waals surface area contributed by atoms with Gasteiger partial charge < -0.3 is 30.2 Å². The number of hydrogen-bond acceptors (Lipinski definition) is 8. The van der Waals surface area contributed by atoms with Gasteiger partial charge in [-0.2, -0.15) is 11.8 Å². The number of hydrogen-bond donors (Lipinski definition) is 4. The van der Waals surface area contributed by atoms with Gasteiger partial charge in [-0.05, 0) is 56.6 Å². The van der Waals surface area contributed by atoms with Gasteiger partial charge in [-0.3, -0.25) is 14.6 Å². The van der Waals surface area contributed by atoms with Crippen molar-refractivity contribution in [1.82, 2.24) is 15.2 Å². The average molecular weight is 529 g/mol. The zero-order valence-electron chi connectivity index (χ0n) is 20.3. The number of nitrogens with one attached hydrogen (secondary N) is 2. The number of aliphatic carboxylic acids is 2. The second-order valence-corrected chi connectivity index (χ2v) is 8.88. The third-order valence-corrected chi connectivity index (χ3v) is 5.41. The summed E-state index contributed by atoms with van der Waals surface area (Å²) in [5.74, 6) is -0.732. The van der Waals surface area contributed by atoms with Gasteiger partial charge in [0.25, 0.3) is 11.8 Å². The van der Waals surface area contributed by atoms with Crippen molar-refractivity contribution in [2.75, 3.05) is 31.7 Å². The lowest BCUT2D eigenvalue weighted by molar-refractivity contribution is -0.159. The molecule has 0 saturated heterocycles. The van der Waals surface area contributed by atoms with Gasteiger partial charge in [0.15, 0.2) is 0 Å². The standard InChI is InChI=1S/C23H26N4O3S.C2H2O4/c1-27(2)15-19-9-10-20(30-19)16-31-13-12-25-22(28)17-6-5-7-18(14-17)26-23(29)21-8-3-4-11-24-21;3-1(4)2(5)6/h3-11,14H,12-13,15-16H2,1-2H3,(H,25,28)(H,26,29);(H,3,4)(H,5,6). The Morgan fingerprint density at radius 3 is 2.32 bits per heavy atom. The number of carboxylic acids is 2. The number of aromatic nitrogens is 1. The van der Waals surface area contributed by atoms with Crippen LogP contribution in [0, 0.1) is 0 Å². The average Bonchev–Trinajstić information content (AvgIpc) is 3.31. The highest BCUT2D eigenvalue weighted by molar-refractivity contribution is 7.98. The molecule has 0 unspecified atom stereocenters. The number of pyridine rings is 1. The highest BCUT2D eigenvalue weighted by Crippen LogP contribution is 2.16. The first-order chi connectivity index (χ1) is 17.7. The van der Waals surface area contributed by atoms with Crippen LogP contribution in [-0.2, 0) is 21.9 Å². The molecular weight excluding hydrogens is 500 g/mol. The van der Waals surface area contributed by atoms with Crippen LogP contribution in [0.25, 0.3) is 0 Å². The molecule has 3 aromatic rings. The first-order valence-corrected chi connectivity index (χ1v) is 12.2. The molecule has 1 aromatic carbocycles. The first kappa shape index (κ1) is 29.1. The summed E-state index contributed by atoms with van der Waals surface area (Å²) in [5.41, 5.74) is 1.35. The van der Waals surface area contributed by atoms with E-state index in [9.17, 15) is 9.59 Å². The van der Waals surface area contributed by atoms with E-state index in [0.717, 1.165) is 29.6 Å². The predicted octanol–water partition coefficient (Wildman–Crippen LogP) is 2.81. The van der Waals surface area contributed by atoms with Crippen molar-refractivity contribution in [2.24, 2.45) is 0 Å². The van der Waals surface area contributed by atoms with Crippen LogP contribution in [0.2, 0.25) is 0 Å². The van der Waals surface area contributed by atoms with Gasteiger partial charge in [-0.1, -0.05) is 12.1 Å². The fraction of sp³-hybridized carbons (Fsp3) is 0.240. The van der Waals surface area contributed by atoms with Gasteiger partial charge in [-0.15, -0.1) is 0 Å². The van der Waals surface area contributed by atoms with Crippen molar-refractivity contribution in [3.63, 3.8) is 0 Å². The lowest BCUT2D eigenvalue weighted by Gasteiger charge is -2.08. The molecule has 0 aliphatic carbocycles. The largest absolute Gasteiger partial charge is 0.473 e. The smallest absolute Gasteiger partial charge is 0.414 e. The summed E-state index contributed by atoms with van der Waals surface area (Å²) in [6.45, 7) is 1.32. The quantitative estimate of drug-likeness (QED) is 0.227. The summed E-state index contributed by atoms with van der Waals surface area (Å²) in [5, 5.41) is 20.5. The second kappa shape index (κ2) is 15.1. The minimum absolute atomic E-state index is 0.180. The Morgan fingerprint density at radius 2 is 1.68 bits per heavy atom. The molecule has 2 heterocycles. The van der Waals surface area contributed by atoms with E-state index in [1.807, 2.05) is 26.2 Å². The molecule has 0 saturated carbocycles. The molecule has 11 nitrogen and oxygen atoms in total. The summed E-state index contributed by atoms with van der Waals surface area (Å²) in [6.07, 6.45) is 1.56. The Balaban J connectivity index is 0.000000717. The van der Waals surface area contributed by atoms with Crippen molar-refractivity contribution in [1.29, 1.82) is 0 Å². The zero-order chi connectivity index (χ0) is 27.2. The third kappa shape index (κ3) is 11.0. The van der Waals surface area contributed by atoms with Crippen LogP contribution in [0.4, 0.5) is 5.69 Å². The van der Waals surface area contributed by atoms with Crippen molar-refractivity contribution in [2.45, 2.75) is 12.3 Å². The van der Waals surface area contributed by atoms with Crippen LogP contribution in [0.3, 0.4) is 0 Å². The number of thioether (sulfide) groups is 1. The Kier molecular flexibility index (Phi) is 11.8. The second-order valence-electron chi connectivity index (χ2n) is 7.77. The number of benzene rings is 1. The number of rotatable bonds is 10. The number of anilines is 1. The zero-order valence-corrected chi connectivity index (χ0v) is 21.2. The molecular formula is C25H28N4O7S. The van der Waals surface area contributed by atoms with E-state index in [2.05, 4.69) is 20.5 Å². The Hall–Kier alpha value is -4.16. The van der Waals surface area contributed by atoms with Crippen molar-refractivity contribution in [3.05, 3.63) is 83.6 Å². The van der Waals surface area contributed by atoms with Crippen LogP contribution >= 0.6 is 11.8 Å². The minimum atomic E-state index is -1.82. The van der Waals surface area contributed by atoms with Crippen LogP contribution in [0.1, 0.15) is 32.4 Å². The van der Waals surface area contributed by atoms with E-state index in [1.165, 1.54) is 0 Å². The SMILES string of the molecule is CN(C)Cc1ccc(CSCCNC(=O)c2cccc(NC(=O)c3ccccn3)c2)o1.O=C(O)C(=O)O. The molecule has 12 heteroatoms. The number of carbonyl (C=O) groups is 4. The predicted molar refractivity (Wildman–Crippen MR) is 138 cm³/mol. The van der Waals surface area contributed by atoms with Crippen molar-refractivity contribution < 1.29 is 33.8 Å². The molecule has 3 rings (SSSR count). The monoisotopic (exact) mass is 528 g/mol. The molecule has 0 fully saturated rings. The number of amides is 2. The third-order valence-electron chi connectivity index (χ3n) is 4.43. The molecule has 196 valence electrons. The van der Waals surface area contributed by atoms with E-state index >= 15 is 0 Å². The highest BCUT2D eigenvalue weighted by Gasteiger charge is 2.10. The van der Waals surface area contributed by atoms with Crippen LogP contribution in [0.15, 0.2) is 65.2 Å². The van der Waals surface area contributed by atoms with Gasteiger partial charge in [0.1, 0.15) is 17.2 Å². The summed E-state index contributed by atoms with van der Waals surface area (Å²) in [6, 6.07) is 16.0. The first-order valence-electron chi connectivity index (χ1n) is 11.0. The van der Waals surface area contributed by atoms with Gasteiger partial charge in [-0.25, -0.2) is 9.59 Å². The van der Waals surface area contributed by atoms with Crippen LogP contribution in [-0.4, -0.2) is 70.2 Å². The molecule has 4 N–H and O–H groups in total. The number of furan rings is 1. The maximum absolute atomic E-state index is 12.4. The highest BCUT2D eigenvalue weighted by atomic mass is 32.2. The lowest BCUT2D eigenvalue weighted by atomic mass is 10.2. The normalized spacial score (nSPS) is 10.2. The van der Waals surface area contributed by atoms with E-state index in [4.69, 9.17) is 24.2 Å². The molecule has 2 aromatic heterocycles. The molecule has 0 spiro atoms. The Labute approximate surface area is 217 Å². The van der Waals surface area contributed by atoms with Crippen molar-refractivity contribution in [3.8, 4) is 0 Å². The maximum atomic E-state index is 12.4. The molecule has 37 heavy (non-hydrogen) atoms. The van der Waals surface area contributed by atoms with Gasteiger partial charge >= 0.3 is 11.9 Å². The van der Waals surface area contributed by atoms with E-state index in [-0.39, 0.29) is 11.8 Å². The summed E-state index contributed by atoms with van der Waals surface area (Å²) >= 11 is 1.70. The molecule has 0 aliphatic rings. The molecule has 0 bridgehead atoms. The van der Waals surface area contributed by atoms with Crippen LogP contribution in [0.5, 0.6) is 0 Å². The maximum Gasteiger partial charge on any atom is 0.414 e. The summed E-state index contributed by atoms with van der Waals surface area (Å²) in [7, 11) is 4.01. The van der Waals surface area contributed by atoms with Gasteiger partial charge in [0.05, 0.1) is 12.3 Å². The van der Waals surface area contributed by atoms with Crippen LogP contribution < -0.4 is 10.6 Å².